The number of amides is 1. The molecule has 7 heteroatoms. The van der Waals surface area contributed by atoms with E-state index in [0.717, 1.165) is 12.8 Å². The van der Waals surface area contributed by atoms with E-state index in [0.29, 0.717) is 49.2 Å². The lowest BCUT2D eigenvalue weighted by Gasteiger charge is -2.14. The Morgan fingerprint density at radius 3 is 2.45 bits per heavy atom. The Hall–Kier alpha value is -2.64. The van der Waals surface area contributed by atoms with Crippen LogP contribution in [-0.4, -0.2) is 37.4 Å². The molecule has 0 radical (unpaired) electrons. The number of benzene rings is 2. The van der Waals surface area contributed by atoms with Crippen molar-refractivity contribution < 1.29 is 19.0 Å². The Morgan fingerprint density at radius 2 is 1.72 bits per heavy atom. The van der Waals surface area contributed by atoms with Crippen molar-refractivity contribution >= 4 is 28.9 Å². The van der Waals surface area contributed by atoms with Gasteiger partial charge in [0.1, 0.15) is 18.1 Å². The van der Waals surface area contributed by atoms with Crippen LogP contribution < -0.4 is 20.1 Å². The van der Waals surface area contributed by atoms with Crippen molar-refractivity contribution in [1.82, 2.24) is 5.32 Å². The molecule has 0 heterocycles. The lowest BCUT2D eigenvalue weighted by molar-refractivity contribution is 0.0977. The Morgan fingerprint density at radius 1 is 0.966 bits per heavy atom. The molecular formula is C22H28N2O4S. The van der Waals surface area contributed by atoms with Crippen molar-refractivity contribution in [1.29, 1.82) is 0 Å². The summed E-state index contributed by atoms with van der Waals surface area (Å²) in [5.74, 6) is 1.08. The van der Waals surface area contributed by atoms with Crippen LogP contribution in [0.2, 0.25) is 0 Å². The second-order valence-electron chi connectivity index (χ2n) is 6.18. The Labute approximate surface area is 177 Å². The van der Waals surface area contributed by atoms with Gasteiger partial charge in [0, 0.05) is 12.2 Å². The van der Waals surface area contributed by atoms with Gasteiger partial charge in [-0.05, 0) is 62.0 Å². The van der Waals surface area contributed by atoms with Gasteiger partial charge in [0.05, 0.1) is 18.9 Å². The zero-order valence-electron chi connectivity index (χ0n) is 16.9. The largest absolute Gasteiger partial charge is 0.491 e. The molecule has 156 valence electrons. The number of nitrogens with one attached hydrogen (secondary N) is 2. The van der Waals surface area contributed by atoms with Crippen LogP contribution in [0.5, 0.6) is 11.5 Å². The summed E-state index contributed by atoms with van der Waals surface area (Å²) in [6, 6.07) is 14.4. The molecule has 0 spiro atoms. The van der Waals surface area contributed by atoms with E-state index in [1.807, 2.05) is 31.2 Å². The van der Waals surface area contributed by atoms with Crippen molar-refractivity contribution in [2.24, 2.45) is 0 Å². The molecule has 6 nitrogen and oxygen atoms in total. The van der Waals surface area contributed by atoms with Crippen molar-refractivity contribution in [2.75, 3.05) is 31.7 Å². The topological polar surface area (TPSA) is 68.8 Å². The van der Waals surface area contributed by atoms with E-state index in [-0.39, 0.29) is 11.0 Å². The van der Waals surface area contributed by atoms with Gasteiger partial charge in [0.2, 0.25) is 0 Å². The van der Waals surface area contributed by atoms with Gasteiger partial charge in [-0.2, -0.15) is 0 Å². The van der Waals surface area contributed by atoms with E-state index in [2.05, 4.69) is 17.6 Å². The van der Waals surface area contributed by atoms with E-state index in [1.165, 1.54) is 0 Å². The highest BCUT2D eigenvalue weighted by Crippen LogP contribution is 2.24. The summed E-state index contributed by atoms with van der Waals surface area (Å²) in [6.45, 7) is 6.33. The van der Waals surface area contributed by atoms with E-state index < -0.39 is 0 Å². The zero-order chi connectivity index (χ0) is 20.9. The van der Waals surface area contributed by atoms with Gasteiger partial charge < -0.3 is 19.5 Å². The van der Waals surface area contributed by atoms with Gasteiger partial charge in [-0.1, -0.05) is 25.5 Å². The van der Waals surface area contributed by atoms with Crippen LogP contribution in [-0.2, 0) is 4.74 Å². The number of carbonyl (C=O) groups is 1. The maximum Gasteiger partial charge on any atom is 0.257 e. The fraction of sp³-hybridized carbons (Fsp3) is 0.364. The number of para-hydroxylation sites is 2. The third kappa shape index (κ3) is 8.09. The second kappa shape index (κ2) is 12.7. The molecule has 1 amide bonds. The standard InChI is InChI=1S/C22H28N2O4S/c1-3-5-14-28-20-9-7-6-8-19(20)23-22(29)24-21(25)17-10-12-18(13-11-17)27-16-15-26-4-2/h6-13H,3-5,14-16H2,1-2H3,(H2,23,24,25,29). The minimum atomic E-state index is -0.298. The molecule has 0 unspecified atom stereocenters. The number of rotatable bonds is 11. The van der Waals surface area contributed by atoms with Crippen molar-refractivity contribution in [3.8, 4) is 11.5 Å². The summed E-state index contributed by atoms with van der Waals surface area (Å²) < 4.78 is 16.5. The second-order valence-corrected chi connectivity index (χ2v) is 6.58. The van der Waals surface area contributed by atoms with Gasteiger partial charge in [-0.15, -0.1) is 0 Å². The van der Waals surface area contributed by atoms with Crippen LogP contribution in [0.15, 0.2) is 48.5 Å². The minimum Gasteiger partial charge on any atom is -0.491 e. The quantitative estimate of drug-likeness (QED) is 0.418. The summed E-state index contributed by atoms with van der Waals surface area (Å²) in [5, 5.41) is 5.92. The summed E-state index contributed by atoms with van der Waals surface area (Å²) in [4.78, 5) is 12.4. The summed E-state index contributed by atoms with van der Waals surface area (Å²) in [6.07, 6.45) is 2.03. The smallest absolute Gasteiger partial charge is 0.257 e. The van der Waals surface area contributed by atoms with Crippen LogP contribution in [0.3, 0.4) is 0 Å². The number of ether oxygens (including phenoxy) is 3. The van der Waals surface area contributed by atoms with E-state index in [1.54, 1.807) is 24.3 Å². The van der Waals surface area contributed by atoms with Crippen molar-refractivity contribution in [3.63, 3.8) is 0 Å². The van der Waals surface area contributed by atoms with E-state index in [4.69, 9.17) is 26.4 Å². The lowest BCUT2D eigenvalue weighted by Crippen LogP contribution is -2.34. The number of anilines is 1. The van der Waals surface area contributed by atoms with Crippen LogP contribution in [0.25, 0.3) is 0 Å². The summed E-state index contributed by atoms with van der Waals surface area (Å²) >= 11 is 5.28. The molecule has 29 heavy (non-hydrogen) atoms. The number of hydrogen-bond acceptors (Lipinski definition) is 5. The highest BCUT2D eigenvalue weighted by atomic mass is 32.1. The molecule has 0 saturated heterocycles. The van der Waals surface area contributed by atoms with Gasteiger partial charge in [-0.3, -0.25) is 10.1 Å². The highest BCUT2D eigenvalue weighted by Gasteiger charge is 2.10. The third-order valence-corrected chi connectivity index (χ3v) is 4.14. The molecule has 2 rings (SSSR count). The SMILES string of the molecule is CCCCOc1ccccc1NC(=S)NC(=O)c1ccc(OCCOCC)cc1. The normalized spacial score (nSPS) is 10.3. The van der Waals surface area contributed by atoms with Crippen molar-refractivity contribution in [2.45, 2.75) is 26.7 Å². The molecule has 2 aromatic carbocycles. The number of unbranched alkanes of at least 4 members (excludes halogenated alkanes) is 1. The maximum absolute atomic E-state index is 12.4. The monoisotopic (exact) mass is 416 g/mol. The predicted octanol–water partition coefficient (Wildman–Crippen LogP) is 4.41. The van der Waals surface area contributed by atoms with Crippen LogP contribution >= 0.6 is 12.2 Å². The first-order valence-electron chi connectivity index (χ1n) is 9.78. The third-order valence-electron chi connectivity index (χ3n) is 3.93. The first kappa shape index (κ1) is 22.6. The number of carbonyl (C=O) groups excluding carboxylic acids is 1. The Kier molecular flexibility index (Phi) is 9.95. The Balaban J connectivity index is 1.87. The average Bonchev–Trinajstić information content (AvgIpc) is 2.73. The number of thiocarbonyl (C=S) groups is 1. The zero-order valence-corrected chi connectivity index (χ0v) is 17.7. The van der Waals surface area contributed by atoms with Gasteiger partial charge in [0.15, 0.2) is 5.11 Å². The highest BCUT2D eigenvalue weighted by molar-refractivity contribution is 7.80. The molecule has 0 fully saturated rings. The summed E-state index contributed by atoms with van der Waals surface area (Å²) in [7, 11) is 0. The van der Waals surface area contributed by atoms with Crippen LogP contribution in [0, 0.1) is 0 Å². The first-order chi connectivity index (χ1) is 14.1. The fourth-order valence-corrected chi connectivity index (χ4v) is 2.62. The van der Waals surface area contributed by atoms with E-state index >= 15 is 0 Å². The van der Waals surface area contributed by atoms with Gasteiger partial charge in [-0.25, -0.2) is 0 Å². The molecule has 0 atom stereocenters. The summed E-state index contributed by atoms with van der Waals surface area (Å²) in [5.41, 5.74) is 1.20. The average molecular weight is 417 g/mol. The maximum atomic E-state index is 12.4. The molecular weight excluding hydrogens is 388 g/mol. The lowest BCUT2D eigenvalue weighted by atomic mass is 10.2. The molecule has 2 aromatic rings. The van der Waals surface area contributed by atoms with Gasteiger partial charge >= 0.3 is 0 Å². The first-order valence-corrected chi connectivity index (χ1v) is 10.2. The van der Waals surface area contributed by atoms with Crippen LogP contribution in [0.1, 0.15) is 37.0 Å². The minimum absolute atomic E-state index is 0.207. The Bertz CT molecular complexity index is 781. The van der Waals surface area contributed by atoms with Gasteiger partial charge in [0.25, 0.3) is 5.91 Å². The fourth-order valence-electron chi connectivity index (χ4n) is 2.42. The molecule has 0 aliphatic rings. The number of hydrogen-bond donors (Lipinski definition) is 2. The predicted molar refractivity (Wildman–Crippen MR) is 119 cm³/mol. The molecule has 0 aliphatic heterocycles. The van der Waals surface area contributed by atoms with E-state index in [9.17, 15) is 4.79 Å². The molecule has 0 bridgehead atoms. The molecule has 2 N–H and O–H groups in total. The van der Waals surface area contributed by atoms with Crippen molar-refractivity contribution in [3.05, 3.63) is 54.1 Å². The molecule has 0 saturated carbocycles. The molecule has 0 aromatic heterocycles. The van der Waals surface area contributed by atoms with Crippen LogP contribution in [0.4, 0.5) is 5.69 Å². The molecule has 0 aliphatic carbocycles.